The number of benzene rings is 1. The molecule has 0 heterocycles. The van der Waals surface area contributed by atoms with Crippen molar-refractivity contribution in [2.45, 2.75) is 6.42 Å². The lowest BCUT2D eigenvalue weighted by Gasteiger charge is -2.03. The molecule has 0 radical (unpaired) electrons. The van der Waals surface area contributed by atoms with E-state index >= 15 is 0 Å². The van der Waals surface area contributed by atoms with E-state index in [0.717, 1.165) is 0 Å². The van der Waals surface area contributed by atoms with Gasteiger partial charge in [-0.3, -0.25) is 5.32 Å². The lowest BCUT2D eigenvalue weighted by atomic mass is 10.1. The Morgan fingerprint density at radius 3 is 2.80 bits per heavy atom. The molecule has 1 aromatic rings. The number of hydrogen-bond acceptors (Lipinski definition) is 3. The fourth-order valence-corrected chi connectivity index (χ4v) is 1.11. The van der Waals surface area contributed by atoms with Gasteiger partial charge in [-0.05, 0) is 23.1 Å². The van der Waals surface area contributed by atoms with Crippen molar-refractivity contribution in [3.63, 3.8) is 0 Å². The minimum atomic E-state index is -0.610. The van der Waals surface area contributed by atoms with Gasteiger partial charge in [0.2, 0.25) is 0 Å². The van der Waals surface area contributed by atoms with Crippen LogP contribution in [0.4, 0.5) is 4.39 Å². The fourth-order valence-electron chi connectivity index (χ4n) is 1.11. The molecule has 0 aromatic heterocycles. The first-order valence-electron chi connectivity index (χ1n) is 4.42. The van der Waals surface area contributed by atoms with Crippen LogP contribution in [-0.4, -0.2) is 11.5 Å². The summed E-state index contributed by atoms with van der Waals surface area (Å²) in [7, 11) is 0. The van der Waals surface area contributed by atoms with Crippen molar-refractivity contribution in [3.8, 4) is 0 Å². The Kier molecular flexibility index (Phi) is 3.79. The predicted molar refractivity (Wildman–Crippen MR) is 54.2 cm³/mol. The maximum atomic E-state index is 13.1. The van der Waals surface area contributed by atoms with Gasteiger partial charge < -0.3 is 10.1 Å². The molecule has 80 valence electrons. The summed E-state index contributed by atoms with van der Waals surface area (Å²) in [5, 5.41) is 12.7. The normalized spacial score (nSPS) is 9.67. The van der Waals surface area contributed by atoms with Gasteiger partial charge in [-0.15, -0.1) is 0 Å². The highest BCUT2D eigenvalue weighted by atomic mass is 19.1. The molecule has 0 bridgehead atoms. The van der Waals surface area contributed by atoms with E-state index in [1.54, 1.807) is 18.2 Å². The average Bonchev–Trinajstić information content (AvgIpc) is 2.20. The minimum Gasteiger partial charge on any atom is -0.358 e. The number of nitrogens with zero attached hydrogens (tertiary/aromatic N) is 1. The molecule has 1 N–H and O–H groups in total. The third kappa shape index (κ3) is 3.38. The largest absolute Gasteiger partial charge is 0.358 e. The monoisotopic (exact) mass is 210 g/mol. The maximum Gasteiger partial charge on any atom is 0.308 e. The van der Waals surface area contributed by atoms with Crippen LogP contribution in [0.1, 0.15) is 5.56 Å². The van der Waals surface area contributed by atoms with Crippen molar-refractivity contribution < 1.29 is 9.31 Å². The van der Waals surface area contributed by atoms with Crippen LogP contribution < -0.4 is 5.32 Å². The Bertz CT molecular complexity index is 379. The predicted octanol–water partition coefficient (Wildman–Crippen LogP) is 1.71. The molecule has 4 nitrogen and oxygen atoms in total. The van der Waals surface area contributed by atoms with Crippen LogP contribution in [0.15, 0.2) is 36.7 Å². The van der Waals surface area contributed by atoms with Crippen LogP contribution in [0.2, 0.25) is 0 Å². The van der Waals surface area contributed by atoms with E-state index in [4.69, 9.17) is 0 Å². The number of halogens is 1. The summed E-state index contributed by atoms with van der Waals surface area (Å²) in [6.45, 7) is 3.50. The molecule has 0 amide bonds. The molecular formula is C10H11FN2O2. The molecular weight excluding hydrogens is 199 g/mol. The first-order valence-corrected chi connectivity index (χ1v) is 4.42. The minimum absolute atomic E-state index is 0.272. The summed E-state index contributed by atoms with van der Waals surface area (Å²) in [5.41, 5.74) is 0.529. The van der Waals surface area contributed by atoms with Crippen molar-refractivity contribution in [1.82, 2.24) is 5.32 Å². The second kappa shape index (κ2) is 5.09. The van der Waals surface area contributed by atoms with Crippen molar-refractivity contribution in [1.29, 1.82) is 0 Å². The highest BCUT2D eigenvalue weighted by Gasteiger charge is 2.05. The van der Waals surface area contributed by atoms with E-state index in [9.17, 15) is 14.5 Å². The fraction of sp³-hybridized carbons (Fsp3) is 0.200. The van der Waals surface area contributed by atoms with E-state index in [1.165, 1.54) is 6.07 Å². The van der Waals surface area contributed by atoms with E-state index in [1.807, 2.05) is 0 Å². The second-order valence-corrected chi connectivity index (χ2v) is 2.97. The summed E-state index contributed by atoms with van der Waals surface area (Å²) < 4.78 is 13.1. The standard InChI is InChI=1S/C10H11FN2O2/c1-8(13(14)15)12-7-6-9-4-2-3-5-10(9)11/h2-5,12H,1,6-7H2. The Hall–Kier alpha value is -1.91. The van der Waals surface area contributed by atoms with Gasteiger partial charge in [0.15, 0.2) is 0 Å². The Labute approximate surface area is 86.6 Å². The molecule has 0 aliphatic rings. The van der Waals surface area contributed by atoms with Crippen molar-refractivity contribution >= 4 is 0 Å². The van der Waals surface area contributed by atoms with Crippen LogP contribution in [0.25, 0.3) is 0 Å². The highest BCUT2D eigenvalue weighted by Crippen LogP contribution is 2.06. The number of hydrogen-bond donors (Lipinski definition) is 1. The van der Waals surface area contributed by atoms with E-state index in [2.05, 4.69) is 11.9 Å². The Morgan fingerprint density at radius 1 is 1.53 bits per heavy atom. The van der Waals surface area contributed by atoms with Crippen LogP contribution in [0, 0.1) is 15.9 Å². The van der Waals surface area contributed by atoms with Gasteiger partial charge in [0.25, 0.3) is 0 Å². The molecule has 0 atom stereocenters. The number of rotatable bonds is 5. The van der Waals surface area contributed by atoms with Gasteiger partial charge in [0.1, 0.15) is 5.82 Å². The molecule has 0 saturated carbocycles. The average molecular weight is 210 g/mol. The van der Waals surface area contributed by atoms with Gasteiger partial charge in [-0.2, -0.15) is 0 Å². The molecule has 0 spiro atoms. The Morgan fingerprint density at radius 2 is 2.20 bits per heavy atom. The van der Waals surface area contributed by atoms with Gasteiger partial charge in [0, 0.05) is 6.42 Å². The summed E-state index contributed by atoms with van der Waals surface area (Å²) in [6.07, 6.45) is 0.388. The zero-order chi connectivity index (χ0) is 11.3. The van der Waals surface area contributed by atoms with E-state index in [-0.39, 0.29) is 11.6 Å². The summed E-state index contributed by atoms with van der Waals surface area (Å²) in [5.74, 6) is -0.572. The van der Waals surface area contributed by atoms with Gasteiger partial charge in [0.05, 0.1) is 6.54 Å². The maximum absolute atomic E-state index is 13.1. The topological polar surface area (TPSA) is 55.2 Å². The zero-order valence-corrected chi connectivity index (χ0v) is 8.07. The van der Waals surface area contributed by atoms with E-state index < -0.39 is 4.92 Å². The van der Waals surface area contributed by atoms with Crippen LogP contribution >= 0.6 is 0 Å². The van der Waals surface area contributed by atoms with Gasteiger partial charge in [-0.25, -0.2) is 4.39 Å². The molecule has 0 unspecified atom stereocenters. The van der Waals surface area contributed by atoms with E-state index in [0.29, 0.717) is 18.5 Å². The van der Waals surface area contributed by atoms with Gasteiger partial charge in [-0.1, -0.05) is 18.2 Å². The van der Waals surface area contributed by atoms with Gasteiger partial charge >= 0.3 is 5.82 Å². The number of nitrogens with one attached hydrogen (secondary N) is 1. The first kappa shape index (κ1) is 11.2. The zero-order valence-electron chi connectivity index (χ0n) is 8.07. The summed E-state index contributed by atoms with van der Waals surface area (Å²) in [4.78, 5) is 9.57. The van der Waals surface area contributed by atoms with Crippen molar-refractivity contribution in [2.75, 3.05) is 6.54 Å². The summed E-state index contributed by atoms with van der Waals surface area (Å²) in [6, 6.07) is 6.33. The lowest BCUT2D eigenvalue weighted by molar-refractivity contribution is -0.431. The molecule has 0 aliphatic heterocycles. The van der Waals surface area contributed by atoms with Crippen molar-refractivity contribution in [3.05, 3.63) is 58.2 Å². The Balaban J connectivity index is 2.42. The van der Waals surface area contributed by atoms with Crippen molar-refractivity contribution in [2.24, 2.45) is 0 Å². The lowest BCUT2D eigenvalue weighted by Crippen LogP contribution is -2.21. The quantitative estimate of drug-likeness (QED) is 0.594. The third-order valence-electron chi connectivity index (χ3n) is 1.90. The second-order valence-electron chi connectivity index (χ2n) is 2.97. The summed E-state index contributed by atoms with van der Waals surface area (Å²) >= 11 is 0. The number of nitro groups is 1. The molecule has 5 heteroatoms. The SMILES string of the molecule is C=C(NCCc1ccccc1F)[N+](=O)[O-]. The molecule has 1 rings (SSSR count). The first-order chi connectivity index (χ1) is 7.11. The highest BCUT2D eigenvalue weighted by molar-refractivity contribution is 5.17. The molecule has 0 aliphatic carbocycles. The van der Waals surface area contributed by atoms with Crippen LogP contribution in [0.5, 0.6) is 0 Å². The molecule has 0 fully saturated rings. The molecule has 1 aromatic carbocycles. The smallest absolute Gasteiger partial charge is 0.308 e. The molecule has 15 heavy (non-hydrogen) atoms. The van der Waals surface area contributed by atoms with Crippen LogP contribution in [-0.2, 0) is 6.42 Å². The molecule has 0 saturated heterocycles. The van der Waals surface area contributed by atoms with Crippen LogP contribution in [0.3, 0.4) is 0 Å². The third-order valence-corrected chi connectivity index (χ3v) is 1.90.